The number of nitrogens with zero attached hydrogens (tertiary/aromatic N) is 3. The second-order valence-electron chi connectivity index (χ2n) is 5.35. The monoisotopic (exact) mass is 370 g/mol. The number of alkyl halides is 3. The van der Waals surface area contributed by atoms with Crippen molar-refractivity contribution in [2.24, 2.45) is 0 Å². The topological polar surface area (TPSA) is 58.1 Å². The van der Waals surface area contributed by atoms with Crippen LogP contribution in [-0.2, 0) is 17.5 Å². The maximum Gasteiger partial charge on any atom is 0.433 e. The Balaban J connectivity index is 1.83. The molecule has 25 heavy (non-hydrogen) atoms. The smallest absolute Gasteiger partial charge is 0.378 e. The first-order valence-corrected chi connectivity index (χ1v) is 8.30. The van der Waals surface area contributed by atoms with E-state index in [9.17, 15) is 18.0 Å². The summed E-state index contributed by atoms with van der Waals surface area (Å²) in [6.45, 7) is 0.344. The summed E-state index contributed by atoms with van der Waals surface area (Å²) in [5.74, 6) is -0.361. The molecule has 0 atom stereocenters. The Hall–Kier alpha value is -2.29. The number of anilines is 1. The van der Waals surface area contributed by atoms with Crippen LogP contribution in [0.1, 0.15) is 11.3 Å². The maximum atomic E-state index is 12.6. The Labute approximate surface area is 147 Å². The average Bonchev–Trinajstić information content (AvgIpc) is 2.58. The molecule has 1 aromatic carbocycles. The molecule has 0 saturated carbocycles. The number of halogens is 3. The molecule has 134 valence electrons. The molecule has 0 aliphatic carbocycles. The summed E-state index contributed by atoms with van der Waals surface area (Å²) >= 11 is 0.859. The molecule has 1 amide bonds. The van der Waals surface area contributed by atoms with E-state index in [0.29, 0.717) is 6.54 Å². The second-order valence-corrected chi connectivity index (χ2v) is 6.29. The lowest BCUT2D eigenvalue weighted by molar-refractivity contribution is -0.141. The van der Waals surface area contributed by atoms with Crippen LogP contribution in [0, 0.1) is 0 Å². The van der Waals surface area contributed by atoms with E-state index in [2.05, 4.69) is 15.3 Å². The number of hydrogen-bond acceptors (Lipinski definition) is 5. The second kappa shape index (κ2) is 8.19. The molecular formula is C16H17F3N4OS. The number of benzene rings is 1. The molecule has 1 aromatic heterocycles. The molecule has 0 aliphatic rings. The quantitative estimate of drug-likeness (QED) is 0.626. The van der Waals surface area contributed by atoms with Crippen LogP contribution in [0.15, 0.2) is 41.7 Å². The highest BCUT2D eigenvalue weighted by atomic mass is 32.2. The molecule has 0 spiro atoms. The van der Waals surface area contributed by atoms with Crippen molar-refractivity contribution in [2.75, 3.05) is 24.7 Å². The number of hydrogen-bond donors (Lipinski definition) is 1. The van der Waals surface area contributed by atoms with Crippen molar-refractivity contribution in [3.8, 4) is 0 Å². The lowest BCUT2D eigenvalue weighted by atomic mass is 10.2. The highest BCUT2D eigenvalue weighted by molar-refractivity contribution is 7.99. The number of nitrogens with one attached hydrogen (secondary N) is 1. The van der Waals surface area contributed by atoms with E-state index in [1.807, 2.05) is 43.3 Å². The number of carbonyl (C=O) groups is 1. The summed E-state index contributed by atoms with van der Waals surface area (Å²) in [6, 6.07) is 8.47. The number of amides is 1. The van der Waals surface area contributed by atoms with Crippen molar-refractivity contribution >= 4 is 23.4 Å². The van der Waals surface area contributed by atoms with Crippen molar-refractivity contribution in [2.45, 2.75) is 17.9 Å². The molecule has 5 nitrogen and oxygen atoms in total. The molecule has 9 heteroatoms. The summed E-state index contributed by atoms with van der Waals surface area (Å²) in [4.78, 5) is 20.9. The van der Waals surface area contributed by atoms with E-state index >= 15 is 0 Å². The standard InChI is InChI=1S/C16H17F3N4OS/c1-23(2)12-5-3-11(4-6-12)9-21-14(24)10-25-15-20-8-7-13(22-15)16(17,18)19/h3-8H,9-10H2,1-2H3,(H,21,24). The lowest BCUT2D eigenvalue weighted by Crippen LogP contribution is -2.24. The van der Waals surface area contributed by atoms with Crippen LogP contribution in [0.4, 0.5) is 18.9 Å². The molecule has 0 aliphatic heterocycles. The summed E-state index contributed by atoms with van der Waals surface area (Å²) in [5, 5.41) is 2.63. The third kappa shape index (κ3) is 5.93. The van der Waals surface area contributed by atoms with E-state index in [4.69, 9.17) is 0 Å². The molecule has 2 aromatic rings. The van der Waals surface area contributed by atoms with E-state index in [0.717, 1.165) is 35.3 Å². The predicted molar refractivity (Wildman–Crippen MR) is 90.4 cm³/mol. The van der Waals surface area contributed by atoms with Crippen LogP contribution in [0.2, 0.25) is 0 Å². The van der Waals surface area contributed by atoms with Gasteiger partial charge in [0.05, 0.1) is 5.75 Å². The van der Waals surface area contributed by atoms with E-state index in [-0.39, 0.29) is 16.8 Å². The lowest BCUT2D eigenvalue weighted by Gasteiger charge is -2.13. The third-order valence-electron chi connectivity index (χ3n) is 3.20. The number of rotatable bonds is 6. The van der Waals surface area contributed by atoms with Gasteiger partial charge in [-0.25, -0.2) is 9.97 Å². The molecule has 2 rings (SSSR count). The van der Waals surface area contributed by atoms with Gasteiger partial charge in [0, 0.05) is 32.5 Å². The van der Waals surface area contributed by atoms with Crippen LogP contribution in [0.25, 0.3) is 0 Å². The first-order valence-electron chi connectivity index (χ1n) is 7.31. The molecule has 1 heterocycles. The van der Waals surface area contributed by atoms with Crippen LogP contribution in [0.3, 0.4) is 0 Å². The maximum absolute atomic E-state index is 12.6. The van der Waals surface area contributed by atoms with Crippen LogP contribution in [0.5, 0.6) is 0 Å². The Morgan fingerprint density at radius 3 is 2.48 bits per heavy atom. The number of aromatic nitrogens is 2. The molecule has 0 saturated heterocycles. The van der Waals surface area contributed by atoms with Crippen molar-refractivity contribution < 1.29 is 18.0 Å². The Morgan fingerprint density at radius 1 is 1.20 bits per heavy atom. The SMILES string of the molecule is CN(C)c1ccc(CNC(=O)CSc2nccc(C(F)(F)F)n2)cc1. The fourth-order valence-electron chi connectivity index (χ4n) is 1.86. The highest BCUT2D eigenvalue weighted by Gasteiger charge is 2.32. The highest BCUT2D eigenvalue weighted by Crippen LogP contribution is 2.28. The van der Waals surface area contributed by atoms with Crippen molar-refractivity contribution in [3.63, 3.8) is 0 Å². The van der Waals surface area contributed by atoms with Gasteiger partial charge in [-0.05, 0) is 23.8 Å². The first-order chi connectivity index (χ1) is 11.8. The minimum Gasteiger partial charge on any atom is -0.378 e. The summed E-state index contributed by atoms with van der Waals surface area (Å²) in [6.07, 6.45) is -3.50. The Kier molecular flexibility index (Phi) is 6.24. The minimum atomic E-state index is -4.53. The van der Waals surface area contributed by atoms with Crippen LogP contribution < -0.4 is 10.2 Å². The fraction of sp³-hybridized carbons (Fsp3) is 0.312. The fourth-order valence-corrected chi connectivity index (χ4v) is 2.52. The largest absolute Gasteiger partial charge is 0.433 e. The minimum absolute atomic E-state index is 0.0584. The Bertz CT molecular complexity index is 720. The van der Waals surface area contributed by atoms with Gasteiger partial charge in [0.15, 0.2) is 5.16 Å². The zero-order valence-electron chi connectivity index (χ0n) is 13.7. The normalized spacial score (nSPS) is 11.2. The van der Waals surface area contributed by atoms with E-state index < -0.39 is 11.9 Å². The number of carbonyl (C=O) groups excluding carboxylic acids is 1. The van der Waals surface area contributed by atoms with Gasteiger partial charge in [0.25, 0.3) is 0 Å². The van der Waals surface area contributed by atoms with Gasteiger partial charge >= 0.3 is 6.18 Å². The van der Waals surface area contributed by atoms with Crippen molar-refractivity contribution in [1.29, 1.82) is 0 Å². The zero-order chi connectivity index (χ0) is 18.4. The van der Waals surface area contributed by atoms with Gasteiger partial charge in [-0.2, -0.15) is 13.2 Å². The van der Waals surface area contributed by atoms with Crippen molar-refractivity contribution in [3.05, 3.63) is 47.8 Å². The summed E-state index contributed by atoms with van der Waals surface area (Å²) in [5.41, 5.74) is 0.956. The van der Waals surface area contributed by atoms with Crippen LogP contribution in [-0.4, -0.2) is 35.7 Å². The average molecular weight is 370 g/mol. The Morgan fingerprint density at radius 2 is 1.88 bits per heavy atom. The predicted octanol–water partition coefficient (Wildman–Crippen LogP) is 2.97. The van der Waals surface area contributed by atoms with Crippen LogP contribution >= 0.6 is 11.8 Å². The van der Waals surface area contributed by atoms with Crippen molar-refractivity contribution in [1.82, 2.24) is 15.3 Å². The molecule has 0 radical (unpaired) electrons. The molecule has 0 fully saturated rings. The van der Waals surface area contributed by atoms with Gasteiger partial charge in [-0.1, -0.05) is 23.9 Å². The summed E-state index contributed by atoms with van der Waals surface area (Å²) in [7, 11) is 3.87. The molecule has 1 N–H and O–H groups in total. The van der Waals surface area contributed by atoms with E-state index in [1.165, 1.54) is 0 Å². The first kappa shape index (κ1) is 19.0. The van der Waals surface area contributed by atoms with Gasteiger partial charge in [-0.15, -0.1) is 0 Å². The van der Waals surface area contributed by atoms with Gasteiger partial charge in [0.1, 0.15) is 5.69 Å². The van der Waals surface area contributed by atoms with Gasteiger partial charge < -0.3 is 10.2 Å². The molecule has 0 bridgehead atoms. The zero-order valence-corrected chi connectivity index (χ0v) is 14.5. The van der Waals surface area contributed by atoms with Gasteiger partial charge in [-0.3, -0.25) is 4.79 Å². The molecular weight excluding hydrogens is 353 g/mol. The van der Waals surface area contributed by atoms with E-state index in [1.54, 1.807) is 0 Å². The molecule has 0 unspecified atom stereocenters. The third-order valence-corrected chi connectivity index (χ3v) is 4.06. The number of thioether (sulfide) groups is 1. The summed E-state index contributed by atoms with van der Waals surface area (Å²) < 4.78 is 37.7. The van der Waals surface area contributed by atoms with Gasteiger partial charge in [0.2, 0.25) is 5.91 Å².